The molecule has 0 saturated carbocycles. The molecule has 0 aromatic heterocycles. The van der Waals surface area contributed by atoms with Crippen LogP contribution in [0.25, 0.3) is 0 Å². The summed E-state index contributed by atoms with van der Waals surface area (Å²) in [5.74, 6) is -1.08. The lowest BCUT2D eigenvalue weighted by molar-refractivity contribution is -0.384. The summed E-state index contributed by atoms with van der Waals surface area (Å²) in [6, 6.07) is 12.5. The van der Waals surface area contributed by atoms with Gasteiger partial charge in [-0.05, 0) is 23.8 Å². The second kappa shape index (κ2) is 9.88. The van der Waals surface area contributed by atoms with Gasteiger partial charge in [0.2, 0.25) is 0 Å². The quantitative estimate of drug-likeness (QED) is 0.407. The second-order valence-corrected chi connectivity index (χ2v) is 5.65. The number of nitrogens with zero attached hydrogens (tertiary/aromatic N) is 2. The number of nitrogens with one attached hydrogen (secondary N) is 2. The van der Waals surface area contributed by atoms with E-state index in [9.17, 15) is 19.7 Å². The SMILES string of the molecule is O=C(/C=N\OCC(=O)NCc1cccc(Cl)c1)Nc1cccc([N+](=O)[O-])c1. The highest BCUT2D eigenvalue weighted by Gasteiger charge is 2.07. The third-order valence-corrected chi connectivity index (χ3v) is 3.38. The molecule has 2 aromatic carbocycles. The Morgan fingerprint density at radius 3 is 2.74 bits per heavy atom. The summed E-state index contributed by atoms with van der Waals surface area (Å²) in [7, 11) is 0. The lowest BCUT2D eigenvalue weighted by atomic mass is 10.2. The summed E-state index contributed by atoms with van der Waals surface area (Å²) < 4.78 is 0. The Morgan fingerprint density at radius 1 is 1.22 bits per heavy atom. The molecule has 0 spiro atoms. The first-order valence-electron chi connectivity index (χ1n) is 7.66. The number of carbonyl (C=O) groups excluding carboxylic acids is 2. The van der Waals surface area contributed by atoms with E-state index in [1.807, 2.05) is 6.07 Å². The molecular formula is C17H15ClN4O5. The highest BCUT2D eigenvalue weighted by Crippen LogP contribution is 2.16. The molecule has 0 fully saturated rings. The zero-order valence-electron chi connectivity index (χ0n) is 13.9. The highest BCUT2D eigenvalue weighted by molar-refractivity contribution is 6.31. The molecule has 0 aliphatic heterocycles. The van der Waals surface area contributed by atoms with Crippen LogP contribution < -0.4 is 10.6 Å². The number of anilines is 1. The standard InChI is InChI=1S/C17H15ClN4O5/c18-13-4-1-3-12(7-13)9-19-17(24)11-27-20-10-16(23)21-14-5-2-6-15(8-14)22(25)26/h1-8,10H,9,11H2,(H,19,24)(H,21,23)/b20-10-. The Balaban J connectivity index is 1.71. The monoisotopic (exact) mass is 390 g/mol. The van der Waals surface area contributed by atoms with Crippen LogP contribution in [0.4, 0.5) is 11.4 Å². The van der Waals surface area contributed by atoms with E-state index in [0.717, 1.165) is 11.8 Å². The molecule has 0 saturated heterocycles. The summed E-state index contributed by atoms with van der Waals surface area (Å²) in [5, 5.41) is 19.6. The summed E-state index contributed by atoms with van der Waals surface area (Å²) in [4.78, 5) is 38.1. The lowest BCUT2D eigenvalue weighted by Crippen LogP contribution is -2.26. The minimum Gasteiger partial charge on any atom is -0.386 e. The van der Waals surface area contributed by atoms with Crippen LogP contribution in [-0.2, 0) is 21.0 Å². The van der Waals surface area contributed by atoms with Crippen molar-refractivity contribution in [2.45, 2.75) is 6.54 Å². The zero-order chi connectivity index (χ0) is 19.6. The van der Waals surface area contributed by atoms with Crippen molar-refractivity contribution < 1.29 is 19.3 Å². The smallest absolute Gasteiger partial charge is 0.271 e. The molecule has 0 unspecified atom stereocenters. The molecule has 9 nitrogen and oxygen atoms in total. The molecule has 0 bridgehead atoms. The Bertz CT molecular complexity index is 872. The van der Waals surface area contributed by atoms with Gasteiger partial charge in [0.05, 0.1) is 4.92 Å². The molecule has 10 heteroatoms. The average molecular weight is 391 g/mol. The van der Waals surface area contributed by atoms with Gasteiger partial charge in [0.25, 0.3) is 17.5 Å². The third kappa shape index (κ3) is 7.12. The van der Waals surface area contributed by atoms with Crippen LogP contribution in [-0.4, -0.2) is 29.6 Å². The Kier molecular flexibility index (Phi) is 7.26. The van der Waals surface area contributed by atoms with Crippen LogP contribution in [0.2, 0.25) is 5.02 Å². The van der Waals surface area contributed by atoms with Crippen molar-refractivity contribution in [2.24, 2.45) is 5.16 Å². The van der Waals surface area contributed by atoms with Crippen LogP contribution in [0, 0.1) is 10.1 Å². The van der Waals surface area contributed by atoms with Crippen LogP contribution in [0.5, 0.6) is 0 Å². The van der Waals surface area contributed by atoms with Gasteiger partial charge in [-0.3, -0.25) is 19.7 Å². The van der Waals surface area contributed by atoms with Crippen molar-refractivity contribution in [1.82, 2.24) is 5.32 Å². The Labute approximate surface area is 159 Å². The average Bonchev–Trinajstić information content (AvgIpc) is 2.64. The molecule has 0 atom stereocenters. The number of hydrogen-bond donors (Lipinski definition) is 2. The number of hydrogen-bond acceptors (Lipinski definition) is 6. The normalized spacial score (nSPS) is 10.4. The predicted octanol–water partition coefficient (Wildman–Crippen LogP) is 2.51. The minimum atomic E-state index is -0.658. The van der Waals surface area contributed by atoms with Crippen molar-refractivity contribution in [3.8, 4) is 0 Å². The van der Waals surface area contributed by atoms with E-state index in [1.54, 1.807) is 18.2 Å². The van der Waals surface area contributed by atoms with Crippen molar-refractivity contribution in [2.75, 3.05) is 11.9 Å². The van der Waals surface area contributed by atoms with Crippen molar-refractivity contribution in [3.05, 3.63) is 69.2 Å². The summed E-state index contributed by atoms with van der Waals surface area (Å²) in [5.41, 5.74) is 0.910. The van der Waals surface area contributed by atoms with E-state index in [-0.39, 0.29) is 24.5 Å². The number of halogens is 1. The fourth-order valence-electron chi connectivity index (χ4n) is 1.95. The maximum absolute atomic E-state index is 11.7. The van der Waals surface area contributed by atoms with Gasteiger partial charge < -0.3 is 15.5 Å². The van der Waals surface area contributed by atoms with Crippen LogP contribution in [0.15, 0.2) is 53.7 Å². The largest absolute Gasteiger partial charge is 0.386 e. The second-order valence-electron chi connectivity index (χ2n) is 5.21. The molecule has 2 amide bonds. The summed E-state index contributed by atoms with van der Waals surface area (Å²) in [6.45, 7) is -0.0963. The molecule has 0 aliphatic rings. The number of oxime groups is 1. The highest BCUT2D eigenvalue weighted by atomic mass is 35.5. The van der Waals surface area contributed by atoms with Crippen molar-refractivity contribution in [1.29, 1.82) is 0 Å². The van der Waals surface area contributed by atoms with Crippen LogP contribution in [0.1, 0.15) is 5.56 Å². The molecule has 2 N–H and O–H groups in total. The topological polar surface area (TPSA) is 123 Å². The zero-order valence-corrected chi connectivity index (χ0v) is 14.7. The molecule has 0 radical (unpaired) electrons. The maximum Gasteiger partial charge on any atom is 0.271 e. The number of benzene rings is 2. The molecule has 140 valence electrons. The van der Waals surface area contributed by atoms with Gasteiger partial charge in [-0.25, -0.2) is 0 Å². The first-order chi connectivity index (χ1) is 12.9. The fraction of sp³-hybridized carbons (Fsp3) is 0.118. The van der Waals surface area contributed by atoms with Crippen molar-refractivity contribution in [3.63, 3.8) is 0 Å². The lowest BCUT2D eigenvalue weighted by Gasteiger charge is -2.05. The van der Waals surface area contributed by atoms with E-state index < -0.39 is 16.7 Å². The molecule has 0 heterocycles. The number of nitro groups is 1. The van der Waals surface area contributed by atoms with Crippen LogP contribution in [0.3, 0.4) is 0 Å². The molecule has 27 heavy (non-hydrogen) atoms. The van der Waals surface area contributed by atoms with E-state index in [2.05, 4.69) is 15.8 Å². The first kappa shape index (κ1) is 19.9. The first-order valence-corrected chi connectivity index (χ1v) is 8.04. The minimum absolute atomic E-state index is 0.155. The van der Waals surface area contributed by atoms with E-state index in [4.69, 9.17) is 16.4 Å². The number of nitro benzene ring substituents is 1. The number of amides is 2. The number of carbonyl (C=O) groups is 2. The van der Waals surface area contributed by atoms with Gasteiger partial charge in [-0.1, -0.05) is 35.0 Å². The number of rotatable bonds is 8. The van der Waals surface area contributed by atoms with Gasteiger partial charge >= 0.3 is 0 Å². The van der Waals surface area contributed by atoms with Gasteiger partial charge in [0.15, 0.2) is 6.61 Å². The number of non-ortho nitro benzene ring substituents is 1. The maximum atomic E-state index is 11.7. The predicted molar refractivity (Wildman–Crippen MR) is 99.5 cm³/mol. The third-order valence-electron chi connectivity index (χ3n) is 3.14. The van der Waals surface area contributed by atoms with Gasteiger partial charge in [0.1, 0.15) is 6.21 Å². The van der Waals surface area contributed by atoms with E-state index in [1.165, 1.54) is 24.3 Å². The fourth-order valence-corrected chi connectivity index (χ4v) is 2.16. The Morgan fingerprint density at radius 2 is 2.00 bits per heavy atom. The van der Waals surface area contributed by atoms with E-state index in [0.29, 0.717) is 5.02 Å². The van der Waals surface area contributed by atoms with Gasteiger partial charge in [-0.15, -0.1) is 0 Å². The summed E-state index contributed by atoms with van der Waals surface area (Å²) in [6.07, 6.45) is 0.823. The Hall–Kier alpha value is -3.46. The van der Waals surface area contributed by atoms with E-state index >= 15 is 0 Å². The molecule has 0 aliphatic carbocycles. The molecular weight excluding hydrogens is 376 g/mol. The van der Waals surface area contributed by atoms with Crippen molar-refractivity contribution >= 4 is 41.0 Å². The molecule has 2 rings (SSSR count). The summed E-state index contributed by atoms with van der Waals surface area (Å²) >= 11 is 5.85. The van der Waals surface area contributed by atoms with Gasteiger partial charge in [-0.2, -0.15) is 0 Å². The van der Waals surface area contributed by atoms with Gasteiger partial charge in [0, 0.05) is 29.4 Å². The van der Waals surface area contributed by atoms with Crippen LogP contribution >= 0.6 is 11.6 Å². The molecule has 2 aromatic rings.